The quantitative estimate of drug-likeness (QED) is 0.783. The van der Waals surface area contributed by atoms with Crippen LogP contribution in [0.25, 0.3) is 0 Å². The second-order valence-corrected chi connectivity index (χ2v) is 6.86. The summed E-state index contributed by atoms with van der Waals surface area (Å²) >= 11 is 3.26. The Kier molecular flexibility index (Phi) is 3.83. The standard InChI is InChI=1S/C9H14BrN3OS/c1-9(2,3)15(14)11-6-7-5-8(10)12-13(7)4/h5-6H,1-4H3/b11-6+. The summed E-state index contributed by atoms with van der Waals surface area (Å²) in [7, 11) is 0.588. The van der Waals surface area contributed by atoms with Crippen molar-refractivity contribution in [3.63, 3.8) is 0 Å². The highest BCUT2D eigenvalue weighted by Crippen LogP contribution is 2.13. The van der Waals surface area contributed by atoms with Gasteiger partial charge in [-0.25, -0.2) is 4.21 Å². The Morgan fingerprint density at radius 1 is 1.60 bits per heavy atom. The van der Waals surface area contributed by atoms with Gasteiger partial charge >= 0.3 is 0 Å². The fourth-order valence-electron chi connectivity index (χ4n) is 0.826. The summed E-state index contributed by atoms with van der Waals surface area (Å²) < 4.78 is 17.7. The van der Waals surface area contributed by atoms with Crippen LogP contribution in [0.4, 0.5) is 0 Å². The summed E-state index contributed by atoms with van der Waals surface area (Å²) in [6, 6.07) is 1.82. The molecule has 15 heavy (non-hydrogen) atoms. The van der Waals surface area contributed by atoms with Crippen molar-refractivity contribution >= 4 is 33.1 Å². The van der Waals surface area contributed by atoms with Gasteiger partial charge in [0, 0.05) is 7.05 Å². The molecule has 1 heterocycles. The van der Waals surface area contributed by atoms with Crippen LogP contribution in [0.2, 0.25) is 0 Å². The smallest absolute Gasteiger partial charge is 0.144 e. The third-order valence-corrected chi connectivity index (χ3v) is 3.42. The summed E-state index contributed by atoms with van der Waals surface area (Å²) in [6.45, 7) is 5.67. The van der Waals surface area contributed by atoms with Crippen molar-refractivity contribution in [1.29, 1.82) is 0 Å². The molecule has 6 heteroatoms. The lowest BCUT2D eigenvalue weighted by molar-refractivity contribution is 0.651. The molecular formula is C9H14BrN3OS. The Labute approximate surface area is 101 Å². The highest BCUT2D eigenvalue weighted by atomic mass is 79.9. The van der Waals surface area contributed by atoms with Crippen molar-refractivity contribution in [2.24, 2.45) is 11.4 Å². The number of aryl methyl sites for hydroxylation is 1. The number of aromatic nitrogens is 2. The maximum absolute atomic E-state index is 11.6. The molecule has 0 aliphatic rings. The van der Waals surface area contributed by atoms with Gasteiger partial charge in [-0.05, 0) is 42.8 Å². The van der Waals surface area contributed by atoms with Gasteiger partial charge in [-0.3, -0.25) is 4.68 Å². The van der Waals surface area contributed by atoms with Crippen LogP contribution >= 0.6 is 15.9 Å². The third-order valence-electron chi connectivity index (χ3n) is 1.69. The number of nitrogens with zero attached hydrogens (tertiary/aromatic N) is 3. The maximum atomic E-state index is 11.6. The van der Waals surface area contributed by atoms with Gasteiger partial charge < -0.3 is 0 Å². The Morgan fingerprint density at radius 3 is 2.60 bits per heavy atom. The van der Waals surface area contributed by atoms with E-state index in [1.165, 1.54) is 0 Å². The average Bonchev–Trinajstić information content (AvgIpc) is 2.39. The number of hydrogen-bond acceptors (Lipinski definition) is 2. The molecule has 1 rings (SSSR count). The summed E-state index contributed by atoms with van der Waals surface area (Å²) in [6.07, 6.45) is 1.58. The van der Waals surface area contributed by atoms with Crippen LogP contribution < -0.4 is 0 Å². The minimum Gasteiger partial charge on any atom is -0.266 e. The first kappa shape index (κ1) is 12.6. The van der Waals surface area contributed by atoms with Crippen molar-refractivity contribution in [2.45, 2.75) is 25.5 Å². The van der Waals surface area contributed by atoms with Crippen LogP contribution in [-0.4, -0.2) is 25.0 Å². The fourth-order valence-corrected chi connectivity index (χ4v) is 1.82. The topological polar surface area (TPSA) is 47.2 Å². The molecular weight excluding hydrogens is 278 g/mol. The van der Waals surface area contributed by atoms with Gasteiger partial charge in [-0.15, -0.1) is 0 Å². The predicted octanol–water partition coefficient (Wildman–Crippen LogP) is 2.06. The van der Waals surface area contributed by atoms with Crippen LogP contribution in [0.1, 0.15) is 26.5 Å². The molecule has 0 saturated heterocycles. The Morgan fingerprint density at radius 2 is 2.20 bits per heavy atom. The second kappa shape index (κ2) is 4.57. The van der Waals surface area contributed by atoms with Gasteiger partial charge in [0.25, 0.3) is 0 Å². The molecule has 1 atom stereocenters. The fraction of sp³-hybridized carbons (Fsp3) is 0.556. The Bertz CT molecular complexity index is 406. The highest BCUT2D eigenvalue weighted by Gasteiger charge is 2.18. The number of halogens is 1. The minimum absolute atomic E-state index is 0.327. The van der Waals surface area contributed by atoms with Crippen LogP contribution in [-0.2, 0) is 18.0 Å². The van der Waals surface area contributed by atoms with E-state index in [1.54, 1.807) is 10.9 Å². The van der Waals surface area contributed by atoms with E-state index in [2.05, 4.69) is 25.4 Å². The van der Waals surface area contributed by atoms with E-state index in [9.17, 15) is 4.21 Å². The van der Waals surface area contributed by atoms with E-state index in [0.717, 1.165) is 10.3 Å². The number of rotatable bonds is 2. The first-order valence-electron chi connectivity index (χ1n) is 4.46. The molecule has 84 valence electrons. The summed E-state index contributed by atoms with van der Waals surface area (Å²) in [5.41, 5.74) is 0.819. The summed E-state index contributed by atoms with van der Waals surface area (Å²) in [5, 5.41) is 4.09. The lowest BCUT2D eigenvalue weighted by Gasteiger charge is -2.12. The molecule has 4 nitrogen and oxygen atoms in total. The first-order valence-corrected chi connectivity index (χ1v) is 6.36. The monoisotopic (exact) mass is 291 g/mol. The minimum atomic E-state index is -1.22. The van der Waals surface area contributed by atoms with Crippen molar-refractivity contribution in [2.75, 3.05) is 0 Å². The van der Waals surface area contributed by atoms with Gasteiger partial charge in [-0.1, -0.05) is 0 Å². The van der Waals surface area contributed by atoms with Crippen LogP contribution in [0, 0.1) is 0 Å². The van der Waals surface area contributed by atoms with Crippen LogP contribution in [0.3, 0.4) is 0 Å². The molecule has 1 unspecified atom stereocenters. The number of hydrogen-bond donors (Lipinski definition) is 0. The molecule has 0 radical (unpaired) electrons. The summed E-state index contributed by atoms with van der Waals surface area (Å²) in [4.78, 5) is 0. The van der Waals surface area contributed by atoms with Crippen molar-refractivity contribution in [3.05, 3.63) is 16.4 Å². The molecule has 0 aliphatic carbocycles. The molecule has 1 aromatic rings. The van der Waals surface area contributed by atoms with Crippen LogP contribution in [0.15, 0.2) is 15.1 Å². The van der Waals surface area contributed by atoms with E-state index < -0.39 is 11.0 Å². The van der Waals surface area contributed by atoms with Gasteiger partial charge in [0.15, 0.2) is 0 Å². The molecule has 0 spiro atoms. The van der Waals surface area contributed by atoms with E-state index in [1.807, 2.05) is 33.9 Å². The molecule has 0 bridgehead atoms. The normalized spacial score (nSPS) is 14.7. The highest BCUT2D eigenvalue weighted by molar-refractivity contribution is 9.10. The van der Waals surface area contributed by atoms with Crippen molar-refractivity contribution in [3.8, 4) is 0 Å². The van der Waals surface area contributed by atoms with Crippen LogP contribution in [0.5, 0.6) is 0 Å². The maximum Gasteiger partial charge on any atom is 0.144 e. The lowest BCUT2D eigenvalue weighted by Crippen LogP contribution is -2.19. The van der Waals surface area contributed by atoms with Crippen molar-refractivity contribution < 1.29 is 4.21 Å². The molecule has 0 amide bonds. The lowest BCUT2D eigenvalue weighted by atomic mass is 10.3. The van der Waals surface area contributed by atoms with Gasteiger partial charge in [-0.2, -0.15) is 9.50 Å². The molecule has 0 aromatic carbocycles. The average molecular weight is 292 g/mol. The summed E-state index contributed by atoms with van der Waals surface area (Å²) in [5.74, 6) is 0. The third kappa shape index (κ3) is 3.53. The van der Waals surface area contributed by atoms with E-state index in [0.29, 0.717) is 0 Å². The molecule has 0 saturated carbocycles. The molecule has 0 aliphatic heterocycles. The van der Waals surface area contributed by atoms with E-state index >= 15 is 0 Å². The zero-order valence-electron chi connectivity index (χ0n) is 9.19. The predicted molar refractivity (Wildman–Crippen MR) is 66.4 cm³/mol. The molecule has 0 fully saturated rings. The first-order chi connectivity index (χ1) is 6.80. The van der Waals surface area contributed by atoms with E-state index in [-0.39, 0.29) is 4.75 Å². The Hall–Kier alpha value is -0.490. The SMILES string of the molecule is Cn1nc(Br)cc1/C=N/S(=O)C(C)(C)C. The van der Waals surface area contributed by atoms with Gasteiger partial charge in [0.2, 0.25) is 0 Å². The Balaban J connectivity index is 2.83. The largest absolute Gasteiger partial charge is 0.266 e. The van der Waals surface area contributed by atoms with Crippen molar-refractivity contribution in [1.82, 2.24) is 9.78 Å². The second-order valence-electron chi connectivity index (χ2n) is 4.11. The molecule has 0 N–H and O–H groups in total. The van der Waals surface area contributed by atoms with Gasteiger partial charge in [0.05, 0.1) is 16.7 Å². The van der Waals surface area contributed by atoms with E-state index in [4.69, 9.17) is 0 Å². The van der Waals surface area contributed by atoms with Gasteiger partial charge in [0.1, 0.15) is 15.6 Å². The molecule has 1 aromatic heterocycles. The zero-order chi connectivity index (χ0) is 11.6. The zero-order valence-corrected chi connectivity index (χ0v) is 11.6.